The van der Waals surface area contributed by atoms with Gasteiger partial charge in [-0.2, -0.15) is 0 Å². The normalized spacial score (nSPS) is 11.0. The second-order valence-corrected chi connectivity index (χ2v) is 5.43. The molecule has 3 aromatic rings. The summed E-state index contributed by atoms with van der Waals surface area (Å²) in [6.07, 6.45) is 0.841. The monoisotopic (exact) mass is 300 g/mol. The first kappa shape index (κ1) is 11.5. The number of rotatable bonds is 2. The molecule has 1 heterocycles. The first-order chi connectivity index (χ1) is 8.70. The van der Waals surface area contributed by atoms with Crippen LogP contribution in [0.2, 0.25) is 0 Å². The number of nitrogens with one attached hydrogen (secondary N) is 1. The topological polar surface area (TPSA) is 28.7 Å². The van der Waals surface area contributed by atoms with E-state index in [1.165, 1.54) is 11.1 Å². The van der Waals surface area contributed by atoms with Crippen LogP contribution < -0.4 is 0 Å². The molecule has 0 saturated carbocycles. The number of hydrogen-bond acceptors (Lipinski definition) is 1. The van der Waals surface area contributed by atoms with Crippen LogP contribution in [0.25, 0.3) is 11.0 Å². The fourth-order valence-corrected chi connectivity index (χ4v) is 2.49. The molecule has 3 rings (SSSR count). The maximum Gasteiger partial charge on any atom is 0.111 e. The molecule has 0 unspecified atom stereocenters. The Morgan fingerprint density at radius 3 is 2.89 bits per heavy atom. The summed E-state index contributed by atoms with van der Waals surface area (Å²) in [7, 11) is 0. The van der Waals surface area contributed by atoms with E-state index < -0.39 is 0 Å². The Balaban J connectivity index is 1.95. The van der Waals surface area contributed by atoms with Crippen LogP contribution in [0.1, 0.15) is 17.0 Å². The van der Waals surface area contributed by atoms with Crippen LogP contribution in [0.4, 0.5) is 0 Å². The van der Waals surface area contributed by atoms with E-state index >= 15 is 0 Å². The summed E-state index contributed by atoms with van der Waals surface area (Å²) in [5.74, 6) is 1.01. The minimum Gasteiger partial charge on any atom is -0.342 e. The highest BCUT2D eigenvalue weighted by molar-refractivity contribution is 9.10. The smallest absolute Gasteiger partial charge is 0.111 e. The van der Waals surface area contributed by atoms with Crippen molar-refractivity contribution in [3.8, 4) is 0 Å². The zero-order valence-corrected chi connectivity index (χ0v) is 11.7. The Hall–Kier alpha value is -1.61. The highest BCUT2D eigenvalue weighted by Gasteiger charge is 2.04. The second kappa shape index (κ2) is 4.58. The van der Waals surface area contributed by atoms with Crippen molar-refractivity contribution in [1.82, 2.24) is 9.97 Å². The quantitative estimate of drug-likeness (QED) is 0.754. The van der Waals surface area contributed by atoms with Gasteiger partial charge in [-0.1, -0.05) is 45.8 Å². The van der Waals surface area contributed by atoms with E-state index in [2.05, 4.69) is 63.2 Å². The van der Waals surface area contributed by atoms with E-state index in [1.54, 1.807) is 0 Å². The van der Waals surface area contributed by atoms with Gasteiger partial charge in [0.2, 0.25) is 0 Å². The van der Waals surface area contributed by atoms with Crippen LogP contribution in [-0.2, 0) is 6.42 Å². The summed E-state index contributed by atoms with van der Waals surface area (Å²) in [4.78, 5) is 7.97. The molecule has 0 aliphatic heterocycles. The molecule has 0 fully saturated rings. The maximum absolute atomic E-state index is 4.60. The molecule has 0 saturated heterocycles. The van der Waals surface area contributed by atoms with Crippen molar-refractivity contribution in [1.29, 1.82) is 0 Å². The van der Waals surface area contributed by atoms with E-state index in [0.717, 1.165) is 27.8 Å². The van der Waals surface area contributed by atoms with Gasteiger partial charge in [0.25, 0.3) is 0 Å². The van der Waals surface area contributed by atoms with E-state index in [4.69, 9.17) is 0 Å². The predicted octanol–water partition coefficient (Wildman–Crippen LogP) is 4.22. The van der Waals surface area contributed by atoms with Gasteiger partial charge in [0.05, 0.1) is 11.0 Å². The molecule has 0 aliphatic carbocycles. The first-order valence-electron chi connectivity index (χ1n) is 5.90. The van der Waals surface area contributed by atoms with Crippen LogP contribution in [-0.4, -0.2) is 9.97 Å². The van der Waals surface area contributed by atoms with Gasteiger partial charge in [0.1, 0.15) is 5.82 Å². The van der Waals surface area contributed by atoms with Gasteiger partial charge in [0, 0.05) is 10.9 Å². The summed E-state index contributed by atoms with van der Waals surface area (Å²) in [5.41, 5.74) is 4.66. The number of fused-ring (bicyclic) bond motifs is 1. The molecular formula is C15H13BrN2. The molecule has 3 heteroatoms. The van der Waals surface area contributed by atoms with Crippen LogP contribution >= 0.6 is 15.9 Å². The van der Waals surface area contributed by atoms with Crippen molar-refractivity contribution in [3.63, 3.8) is 0 Å². The molecule has 0 aliphatic rings. The predicted molar refractivity (Wildman–Crippen MR) is 77.8 cm³/mol. The lowest BCUT2D eigenvalue weighted by molar-refractivity contribution is 1.04. The summed E-state index contributed by atoms with van der Waals surface area (Å²) >= 11 is 3.47. The lowest BCUT2D eigenvalue weighted by atomic mass is 10.1. The zero-order chi connectivity index (χ0) is 12.5. The summed E-state index contributed by atoms with van der Waals surface area (Å²) in [6.45, 7) is 2.11. The Bertz CT molecular complexity index is 701. The lowest BCUT2D eigenvalue weighted by Gasteiger charge is -1.99. The number of hydrogen-bond donors (Lipinski definition) is 1. The van der Waals surface area contributed by atoms with Gasteiger partial charge in [-0.05, 0) is 30.7 Å². The average molecular weight is 301 g/mol. The van der Waals surface area contributed by atoms with Gasteiger partial charge in [0.15, 0.2) is 0 Å². The van der Waals surface area contributed by atoms with Gasteiger partial charge in [-0.3, -0.25) is 0 Å². The SMILES string of the molecule is Cc1cccc(Cc2nc3ccc(Br)cc3[nH]2)c1. The zero-order valence-electron chi connectivity index (χ0n) is 10.1. The molecular weight excluding hydrogens is 288 g/mol. The number of aryl methyl sites for hydroxylation is 1. The van der Waals surface area contributed by atoms with Crippen molar-refractivity contribution in [2.24, 2.45) is 0 Å². The summed E-state index contributed by atoms with van der Waals surface area (Å²) < 4.78 is 1.07. The number of benzene rings is 2. The first-order valence-corrected chi connectivity index (χ1v) is 6.70. The van der Waals surface area contributed by atoms with Crippen molar-refractivity contribution < 1.29 is 0 Å². The van der Waals surface area contributed by atoms with Crippen molar-refractivity contribution in [2.75, 3.05) is 0 Å². The van der Waals surface area contributed by atoms with E-state index in [1.807, 2.05) is 12.1 Å². The van der Waals surface area contributed by atoms with Crippen LogP contribution in [0, 0.1) is 6.92 Å². The summed E-state index contributed by atoms with van der Waals surface area (Å²) in [6, 6.07) is 14.6. The molecule has 90 valence electrons. The fourth-order valence-electron chi connectivity index (χ4n) is 2.13. The van der Waals surface area contributed by atoms with Crippen LogP contribution in [0.3, 0.4) is 0 Å². The van der Waals surface area contributed by atoms with E-state index in [9.17, 15) is 0 Å². The number of H-pyrrole nitrogens is 1. The third kappa shape index (κ3) is 2.31. The number of imidazole rings is 1. The standard InChI is InChI=1S/C15H13BrN2/c1-10-3-2-4-11(7-10)8-15-17-13-6-5-12(16)9-14(13)18-15/h2-7,9H,8H2,1H3,(H,17,18). The molecule has 2 aromatic carbocycles. The Morgan fingerprint density at radius 1 is 1.17 bits per heavy atom. The lowest BCUT2D eigenvalue weighted by Crippen LogP contribution is -1.90. The highest BCUT2D eigenvalue weighted by Crippen LogP contribution is 2.19. The molecule has 0 amide bonds. The van der Waals surface area contributed by atoms with Crippen molar-refractivity contribution in [2.45, 2.75) is 13.3 Å². The van der Waals surface area contributed by atoms with Gasteiger partial charge in [-0.15, -0.1) is 0 Å². The maximum atomic E-state index is 4.60. The molecule has 0 spiro atoms. The number of aromatic amines is 1. The third-order valence-corrected chi connectivity index (χ3v) is 3.44. The number of halogens is 1. The van der Waals surface area contributed by atoms with Crippen molar-refractivity contribution in [3.05, 3.63) is 63.9 Å². The summed E-state index contributed by atoms with van der Waals surface area (Å²) in [5, 5.41) is 0. The number of nitrogens with zero attached hydrogens (tertiary/aromatic N) is 1. The van der Waals surface area contributed by atoms with Crippen LogP contribution in [0.5, 0.6) is 0 Å². The number of aromatic nitrogens is 2. The molecule has 18 heavy (non-hydrogen) atoms. The minimum atomic E-state index is 0.841. The van der Waals surface area contributed by atoms with E-state index in [0.29, 0.717) is 0 Å². The van der Waals surface area contributed by atoms with Gasteiger partial charge < -0.3 is 4.98 Å². The van der Waals surface area contributed by atoms with Gasteiger partial charge in [-0.25, -0.2) is 4.98 Å². The van der Waals surface area contributed by atoms with Gasteiger partial charge >= 0.3 is 0 Å². The molecule has 1 N–H and O–H groups in total. The van der Waals surface area contributed by atoms with Crippen molar-refractivity contribution >= 4 is 27.0 Å². The Labute approximate surface area is 114 Å². The molecule has 0 radical (unpaired) electrons. The molecule has 1 aromatic heterocycles. The minimum absolute atomic E-state index is 0.841. The Morgan fingerprint density at radius 2 is 2.06 bits per heavy atom. The molecule has 0 bridgehead atoms. The third-order valence-electron chi connectivity index (χ3n) is 2.95. The molecule has 0 atom stereocenters. The molecule has 2 nitrogen and oxygen atoms in total. The van der Waals surface area contributed by atoms with E-state index in [-0.39, 0.29) is 0 Å². The Kier molecular flexibility index (Phi) is 2.92. The fraction of sp³-hybridized carbons (Fsp3) is 0.133. The highest BCUT2D eigenvalue weighted by atomic mass is 79.9. The van der Waals surface area contributed by atoms with Crippen LogP contribution in [0.15, 0.2) is 46.9 Å². The average Bonchev–Trinajstić information content (AvgIpc) is 2.70. The second-order valence-electron chi connectivity index (χ2n) is 4.51. The largest absolute Gasteiger partial charge is 0.342 e.